The van der Waals surface area contributed by atoms with Gasteiger partial charge in [-0.2, -0.15) is 0 Å². The third-order valence-corrected chi connectivity index (χ3v) is 5.93. The molecule has 2 aromatic heterocycles. The molecule has 0 radical (unpaired) electrons. The molecule has 0 spiro atoms. The van der Waals surface area contributed by atoms with Crippen molar-refractivity contribution >= 4 is 45.0 Å². The van der Waals surface area contributed by atoms with Crippen molar-refractivity contribution < 1.29 is 13.6 Å². The first-order valence-corrected chi connectivity index (χ1v) is 10.4. The van der Waals surface area contributed by atoms with Crippen molar-refractivity contribution in [2.45, 2.75) is 34.6 Å². The van der Waals surface area contributed by atoms with Crippen LogP contribution in [0.25, 0.3) is 21.9 Å². The number of methoxy groups -OCH3 is 1. The second kappa shape index (κ2) is 8.07. The first-order valence-electron chi connectivity index (χ1n) is 9.98. The van der Waals surface area contributed by atoms with Crippen LogP contribution in [0.5, 0.6) is 5.75 Å². The van der Waals surface area contributed by atoms with E-state index in [-0.39, 0.29) is 0 Å². The molecule has 4 aromatic rings. The molecule has 7 heteroatoms. The van der Waals surface area contributed by atoms with E-state index in [1.54, 1.807) is 7.11 Å². The first kappa shape index (κ1) is 20.9. The Bertz CT molecular complexity index is 1380. The lowest BCUT2D eigenvalue weighted by atomic mass is 10.0. The number of hydrogen-bond donors (Lipinski definition) is 2. The normalized spacial score (nSPS) is 11.9. The van der Waals surface area contributed by atoms with Crippen LogP contribution in [0.2, 0.25) is 0 Å². The Balaban J connectivity index is 1.70. The van der Waals surface area contributed by atoms with Gasteiger partial charge in [0.25, 0.3) is 0 Å². The van der Waals surface area contributed by atoms with Gasteiger partial charge in [0.1, 0.15) is 22.7 Å². The lowest BCUT2D eigenvalue weighted by Crippen LogP contribution is -2.27. The van der Waals surface area contributed by atoms with Crippen molar-refractivity contribution in [1.29, 1.82) is 0 Å². The molecule has 0 aliphatic rings. The standard InChI is InChI=1S/C24H25N3O3S/c1-12-13(2)23(26-27-24(31)25-17-7-9-18(28-6)10-8-17)30-22-15(4)21-20(11-19(12)22)14(3)16(5)29-21/h7-11H,1-6H3,(H2,25,27,31)/b26-23-. The van der Waals surface area contributed by atoms with E-state index in [2.05, 4.69) is 35.8 Å². The molecule has 0 atom stereocenters. The van der Waals surface area contributed by atoms with Crippen LogP contribution in [-0.4, -0.2) is 12.2 Å². The quantitative estimate of drug-likeness (QED) is 0.326. The van der Waals surface area contributed by atoms with E-state index in [0.29, 0.717) is 10.7 Å². The molecule has 0 saturated carbocycles. The third-order valence-electron chi connectivity index (χ3n) is 5.74. The summed E-state index contributed by atoms with van der Waals surface area (Å²) in [5.74, 6) is 1.70. The number of anilines is 1. The monoisotopic (exact) mass is 435 g/mol. The van der Waals surface area contributed by atoms with Crippen molar-refractivity contribution in [2.75, 3.05) is 12.4 Å². The van der Waals surface area contributed by atoms with Crippen molar-refractivity contribution in [3.63, 3.8) is 0 Å². The Morgan fingerprint density at radius 1 is 0.871 bits per heavy atom. The van der Waals surface area contributed by atoms with Crippen LogP contribution < -0.4 is 21.0 Å². The van der Waals surface area contributed by atoms with Gasteiger partial charge in [0.05, 0.1) is 7.11 Å². The molecule has 0 aliphatic heterocycles. The van der Waals surface area contributed by atoms with E-state index in [0.717, 1.165) is 61.4 Å². The smallest absolute Gasteiger partial charge is 0.239 e. The molecule has 0 unspecified atom stereocenters. The van der Waals surface area contributed by atoms with Crippen LogP contribution in [0.15, 0.2) is 44.3 Å². The van der Waals surface area contributed by atoms with Gasteiger partial charge in [0.15, 0.2) is 5.11 Å². The molecule has 2 N–H and O–H groups in total. The Labute approximate surface area is 185 Å². The molecule has 0 aliphatic carbocycles. The number of ether oxygens (including phenoxy) is 1. The van der Waals surface area contributed by atoms with Crippen LogP contribution in [-0.2, 0) is 0 Å². The van der Waals surface area contributed by atoms with Crippen molar-refractivity contribution in [3.8, 4) is 5.75 Å². The van der Waals surface area contributed by atoms with Crippen molar-refractivity contribution in [1.82, 2.24) is 5.43 Å². The number of nitrogens with one attached hydrogen (secondary N) is 2. The lowest BCUT2D eigenvalue weighted by Gasteiger charge is -2.10. The largest absolute Gasteiger partial charge is 0.497 e. The predicted molar refractivity (Wildman–Crippen MR) is 128 cm³/mol. The van der Waals surface area contributed by atoms with Crippen LogP contribution in [0.4, 0.5) is 5.69 Å². The zero-order valence-corrected chi connectivity index (χ0v) is 19.3. The maximum Gasteiger partial charge on any atom is 0.239 e. The molecule has 6 nitrogen and oxygen atoms in total. The second-order valence-corrected chi connectivity index (χ2v) is 8.01. The predicted octanol–water partition coefficient (Wildman–Crippen LogP) is 5.53. The van der Waals surface area contributed by atoms with Gasteiger partial charge in [-0.25, -0.2) is 5.43 Å². The Morgan fingerprint density at radius 3 is 2.19 bits per heavy atom. The van der Waals surface area contributed by atoms with E-state index >= 15 is 0 Å². The minimum absolute atomic E-state index is 0.363. The van der Waals surface area contributed by atoms with Gasteiger partial charge in [-0.05, 0) is 88.3 Å². The van der Waals surface area contributed by atoms with Gasteiger partial charge in [-0.15, -0.1) is 5.10 Å². The number of rotatable bonds is 3. The van der Waals surface area contributed by atoms with Crippen molar-refractivity contribution in [3.05, 3.63) is 63.9 Å². The number of thiocarbonyl (C=S) groups is 1. The highest BCUT2D eigenvalue weighted by molar-refractivity contribution is 7.80. The summed E-state index contributed by atoms with van der Waals surface area (Å²) in [6.07, 6.45) is 0. The second-order valence-electron chi connectivity index (χ2n) is 7.60. The number of aryl methyl sites for hydroxylation is 4. The summed E-state index contributed by atoms with van der Waals surface area (Å²) in [5.41, 5.74) is 9.97. The fourth-order valence-electron chi connectivity index (χ4n) is 3.60. The van der Waals surface area contributed by atoms with Gasteiger partial charge < -0.3 is 18.9 Å². The molecule has 160 valence electrons. The van der Waals surface area contributed by atoms with Gasteiger partial charge in [0.2, 0.25) is 5.55 Å². The van der Waals surface area contributed by atoms with Crippen LogP contribution in [0.1, 0.15) is 28.0 Å². The summed E-state index contributed by atoms with van der Waals surface area (Å²) in [4.78, 5) is 0. The Hall–Kier alpha value is -3.32. The number of nitrogens with zero attached hydrogens (tertiary/aromatic N) is 1. The molecular weight excluding hydrogens is 410 g/mol. The van der Waals surface area contributed by atoms with Gasteiger partial charge >= 0.3 is 0 Å². The van der Waals surface area contributed by atoms with Crippen LogP contribution in [0.3, 0.4) is 0 Å². The fourth-order valence-corrected chi connectivity index (χ4v) is 3.76. The highest BCUT2D eigenvalue weighted by atomic mass is 32.1. The minimum atomic E-state index is 0.363. The van der Waals surface area contributed by atoms with Gasteiger partial charge in [-0.3, -0.25) is 0 Å². The van der Waals surface area contributed by atoms with Crippen LogP contribution in [0, 0.1) is 34.6 Å². The summed E-state index contributed by atoms with van der Waals surface area (Å²) in [7, 11) is 1.63. The maximum absolute atomic E-state index is 6.20. The maximum atomic E-state index is 6.20. The van der Waals surface area contributed by atoms with E-state index < -0.39 is 0 Å². The molecule has 0 saturated heterocycles. The average molecular weight is 436 g/mol. The highest BCUT2D eigenvalue weighted by Crippen LogP contribution is 2.34. The van der Waals surface area contributed by atoms with E-state index in [1.165, 1.54) is 0 Å². The fraction of sp³-hybridized carbons (Fsp3) is 0.250. The van der Waals surface area contributed by atoms with E-state index in [4.69, 9.17) is 25.8 Å². The molecule has 0 fully saturated rings. The molecule has 0 bridgehead atoms. The summed E-state index contributed by atoms with van der Waals surface area (Å²) in [6, 6.07) is 9.61. The Morgan fingerprint density at radius 2 is 1.52 bits per heavy atom. The molecule has 0 amide bonds. The molecule has 31 heavy (non-hydrogen) atoms. The zero-order chi connectivity index (χ0) is 22.3. The topological polar surface area (TPSA) is 71.9 Å². The summed E-state index contributed by atoms with van der Waals surface area (Å²) < 4.78 is 17.4. The highest BCUT2D eigenvalue weighted by Gasteiger charge is 2.16. The van der Waals surface area contributed by atoms with Gasteiger partial charge in [0, 0.05) is 27.6 Å². The number of furan rings is 1. The summed E-state index contributed by atoms with van der Waals surface area (Å²) >= 11 is 5.37. The van der Waals surface area contributed by atoms with E-state index in [9.17, 15) is 0 Å². The minimum Gasteiger partial charge on any atom is -0.497 e. The average Bonchev–Trinajstić information content (AvgIpc) is 3.05. The van der Waals surface area contributed by atoms with Gasteiger partial charge in [-0.1, -0.05) is 0 Å². The molecule has 2 aromatic carbocycles. The van der Waals surface area contributed by atoms with E-state index in [1.807, 2.05) is 45.0 Å². The number of benzene rings is 2. The Kier molecular flexibility index (Phi) is 5.45. The summed E-state index contributed by atoms with van der Waals surface area (Å²) in [6.45, 7) is 10.1. The SMILES string of the molecule is COc1ccc(NC(=S)N/N=c2\oc3c(C)c4oc(C)c(C)c4cc3c(C)c2C)cc1. The van der Waals surface area contributed by atoms with Crippen molar-refractivity contribution in [2.24, 2.45) is 5.10 Å². The number of hydrogen-bond acceptors (Lipinski definition) is 5. The van der Waals surface area contributed by atoms with Crippen LogP contribution >= 0.6 is 12.2 Å². The summed E-state index contributed by atoms with van der Waals surface area (Å²) in [5, 5.41) is 10.0. The number of fused-ring (bicyclic) bond motifs is 2. The molecule has 4 rings (SSSR count). The molecular formula is C24H25N3O3S. The first-order chi connectivity index (χ1) is 14.8. The molecule has 2 heterocycles. The third kappa shape index (κ3) is 3.77. The lowest BCUT2D eigenvalue weighted by molar-refractivity contribution is 0.415. The zero-order valence-electron chi connectivity index (χ0n) is 18.5.